The Morgan fingerprint density at radius 2 is 1.56 bits per heavy atom. The Labute approximate surface area is 227 Å². The minimum Gasteiger partial charge on any atom is -0.487 e. The van der Waals surface area contributed by atoms with Gasteiger partial charge in [-0.3, -0.25) is 14.5 Å². The molecule has 1 saturated heterocycles. The number of amides is 2. The Morgan fingerprint density at radius 1 is 0.912 bits per heavy atom. The summed E-state index contributed by atoms with van der Waals surface area (Å²) >= 11 is 20.1. The molecular weight excluding hydrogens is 632 g/mol. The van der Waals surface area contributed by atoms with E-state index in [1.165, 1.54) is 17.0 Å². The Morgan fingerprint density at radius 3 is 2.21 bits per heavy atom. The van der Waals surface area contributed by atoms with Crippen molar-refractivity contribution in [3.05, 3.63) is 96.1 Å². The molecular formula is C24H16Br2Cl2FNO3S. The number of rotatable bonds is 7. The first-order valence-corrected chi connectivity index (χ1v) is 13.2. The molecule has 0 radical (unpaired) electrons. The van der Waals surface area contributed by atoms with Crippen molar-refractivity contribution in [2.45, 2.75) is 24.8 Å². The summed E-state index contributed by atoms with van der Waals surface area (Å²) in [6.45, 7) is 0.410. The zero-order valence-electron chi connectivity index (χ0n) is 17.4. The van der Waals surface area contributed by atoms with Gasteiger partial charge in [0.15, 0.2) is 0 Å². The third kappa shape index (κ3) is 5.97. The molecule has 0 bridgehead atoms. The number of hydrogen-bond donors (Lipinski definition) is 0. The van der Waals surface area contributed by atoms with Crippen LogP contribution in [-0.2, 0) is 24.4 Å². The lowest BCUT2D eigenvalue weighted by Crippen LogP contribution is -2.31. The smallest absolute Gasteiger partial charge is 0.289 e. The van der Waals surface area contributed by atoms with Gasteiger partial charge in [0, 0.05) is 0 Å². The number of hydrogen-bond acceptors (Lipinski definition) is 4. The van der Waals surface area contributed by atoms with E-state index in [-0.39, 0.29) is 30.1 Å². The Bertz CT molecular complexity index is 1240. The minimum atomic E-state index is -0.533. The molecule has 176 valence electrons. The van der Waals surface area contributed by atoms with Crippen molar-refractivity contribution < 1.29 is 18.7 Å². The van der Waals surface area contributed by atoms with Gasteiger partial charge in [-0.25, -0.2) is 4.39 Å². The van der Waals surface area contributed by atoms with E-state index >= 15 is 0 Å². The van der Waals surface area contributed by atoms with Crippen LogP contribution in [0.4, 0.5) is 9.18 Å². The van der Waals surface area contributed by atoms with E-state index in [0.717, 1.165) is 22.9 Å². The normalized spacial score (nSPS) is 15.8. The molecule has 1 heterocycles. The fourth-order valence-electron chi connectivity index (χ4n) is 3.41. The maximum atomic E-state index is 13.1. The third-order valence-corrected chi connectivity index (χ3v) is 8.10. The summed E-state index contributed by atoms with van der Waals surface area (Å²) in [6.07, 6.45) is 0.374. The van der Waals surface area contributed by atoms with Crippen LogP contribution in [0.25, 0.3) is 0 Å². The molecule has 1 fully saturated rings. The van der Waals surface area contributed by atoms with Gasteiger partial charge in [-0.15, -0.1) is 0 Å². The number of nitrogens with zero attached hydrogens (tertiary/aromatic N) is 1. The van der Waals surface area contributed by atoms with E-state index in [0.29, 0.717) is 36.7 Å². The first-order chi connectivity index (χ1) is 16.2. The van der Waals surface area contributed by atoms with Crippen molar-refractivity contribution in [1.82, 2.24) is 4.90 Å². The van der Waals surface area contributed by atoms with Gasteiger partial charge in [0.2, 0.25) is 5.91 Å². The molecule has 3 aromatic carbocycles. The summed E-state index contributed by atoms with van der Waals surface area (Å²) in [5.74, 6) is -0.0172. The predicted octanol–water partition coefficient (Wildman–Crippen LogP) is 8.04. The highest BCUT2D eigenvalue weighted by Gasteiger charge is 2.39. The number of ether oxygens (including phenoxy) is 1. The largest absolute Gasteiger partial charge is 0.487 e. The van der Waals surface area contributed by atoms with Crippen molar-refractivity contribution in [1.29, 1.82) is 0 Å². The van der Waals surface area contributed by atoms with Crippen molar-refractivity contribution in [2.24, 2.45) is 0 Å². The molecule has 3 aromatic rings. The Balaban J connectivity index is 1.42. The van der Waals surface area contributed by atoms with Crippen molar-refractivity contribution in [3.63, 3.8) is 0 Å². The summed E-state index contributed by atoms with van der Waals surface area (Å²) < 4.78 is 20.5. The zero-order valence-corrected chi connectivity index (χ0v) is 22.9. The maximum Gasteiger partial charge on any atom is 0.289 e. The molecule has 34 heavy (non-hydrogen) atoms. The summed E-state index contributed by atoms with van der Waals surface area (Å²) in [6, 6.07) is 14.8. The number of carbonyl (C=O) groups is 2. The van der Waals surface area contributed by atoms with Gasteiger partial charge >= 0.3 is 0 Å². The van der Waals surface area contributed by atoms with E-state index in [2.05, 4.69) is 31.9 Å². The number of thioether (sulfide) groups is 1. The highest BCUT2D eigenvalue weighted by atomic mass is 79.9. The van der Waals surface area contributed by atoms with Gasteiger partial charge in [0.25, 0.3) is 5.24 Å². The van der Waals surface area contributed by atoms with Gasteiger partial charge < -0.3 is 4.74 Å². The van der Waals surface area contributed by atoms with Crippen LogP contribution in [0.1, 0.15) is 16.7 Å². The van der Waals surface area contributed by atoms with Crippen LogP contribution in [0.2, 0.25) is 10.0 Å². The predicted molar refractivity (Wildman–Crippen MR) is 140 cm³/mol. The standard InChI is InChI=1S/C24H16Br2Cl2FNO3S/c25-17-7-15(8-18(26)22(17)33-12-14-3-6-19(27)20(28)9-14)10-21-23(31)30(24(32)34-21)11-13-1-4-16(29)5-2-13/h1-9,21H,10-12H2/t21-/m0/s1. The zero-order chi connectivity index (χ0) is 24.4. The van der Waals surface area contributed by atoms with E-state index in [4.69, 9.17) is 27.9 Å². The average molecular weight is 648 g/mol. The second-order valence-electron chi connectivity index (χ2n) is 7.55. The Hall–Kier alpha value is -1.58. The van der Waals surface area contributed by atoms with E-state index in [9.17, 15) is 14.0 Å². The summed E-state index contributed by atoms with van der Waals surface area (Å²) in [5, 5.41) is 0.0953. The van der Waals surface area contributed by atoms with Gasteiger partial charge in [-0.2, -0.15) is 0 Å². The molecule has 4 rings (SSSR count). The van der Waals surface area contributed by atoms with Gasteiger partial charge in [-0.05, 0) is 91.4 Å². The highest BCUT2D eigenvalue weighted by molar-refractivity contribution is 9.11. The van der Waals surface area contributed by atoms with Crippen LogP contribution < -0.4 is 4.74 Å². The first kappa shape index (κ1) is 25.5. The minimum absolute atomic E-state index is 0.121. The molecule has 2 amide bonds. The molecule has 0 N–H and O–H groups in total. The molecule has 0 aliphatic carbocycles. The monoisotopic (exact) mass is 645 g/mol. The molecule has 0 saturated carbocycles. The molecule has 10 heteroatoms. The summed E-state index contributed by atoms with van der Waals surface area (Å²) in [7, 11) is 0. The van der Waals surface area contributed by atoms with Crippen LogP contribution in [0.5, 0.6) is 5.75 Å². The van der Waals surface area contributed by atoms with Crippen LogP contribution in [0.3, 0.4) is 0 Å². The van der Waals surface area contributed by atoms with Gasteiger partial charge in [0.05, 0.1) is 30.8 Å². The fourth-order valence-corrected chi connectivity index (χ4v) is 6.27. The fraction of sp³-hybridized carbons (Fsp3) is 0.167. The number of carbonyl (C=O) groups excluding carboxylic acids is 2. The van der Waals surface area contributed by atoms with Gasteiger partial charge in [0.1, 0.15) is 18.2 Å². The molecule has 1 atom stereocenters. The quantitative estimate of drug-likeness (QED) is 0.260. The summed E-state index contributed by atoms with van der Waals surface area (Å²) in [4.78, 5) is 26.5. The van der Waals surface area contributed by atoms with E-state index < -0.39 is 5.25 Å². The molecule has 1 aliphatic rings. The second kappa shape index (κ2) is 11.0. The molecule has 0 unspecified atom stereocenters. The number of imide groups is 1. The molecule has 1 aliphatic heterocycles. The van der Waals surface area contributed by atoms with Crippen LogP contribution in [0.15, 0.2) is 63.5 Å². The van der Waals surface area contributed by atoms with Crippen molar-refractivity contribution in [2.75, 3.05) is 0 Å². The van der Waals surface area contributed by atoms with Crippen LogP contribution >= 0.6 is 66.8 Å². The second-order valence-corrected chi connectivity index (χ2v) is 11.2. The Kier molecular flexibility index (Phi) is 8.25. The lowest BCUT2D eigenvalue weighted by atomic mass is 10.1. The van der Waals surface area contributed by atoms with E-state index in [1.807, 2.05) is 18.2 Å². The third-order valence-electron chi connectivity index (χ3n) is 5.11. The SMILES string of the molecule is O=C1S[C@@H](Cc2cc(Br)c(OCc3ccc(Cl)c(Cl)c3)c(Br)c2)C(=O)N1Cc1ccc(F)cc1. The lowest BCUT2D eigenvalue weighted by molar-refractivity contribution is -0.127. The first-order valence-electron chi connectivity index (χ1n) is 10.0. The highest BCUT2D eigenvalue weighted by Crippen LogP contribution is 2.38. The number of benzene rings is 3. The molecule has 4 nitrogen and oxygen atoms in total. The van der Waals surface area contributed by atoms with Gasteiger partial charge in [-0.1, -0.05) is 53.2 Å². The van der Waals surface area contributed by atoms with Crippen molar-refractivity contribution in [3.8, 4) is 5.75 Å². The summed E-state index contributed by atoms with van der Waals surface area (Å²) in [5.41, 5.74) is 2.42. The number of halogens is 5. The molecule has 0 spiro atoms. The van der Waals surface area contributed by atoms with E-state index in [1.54, 1.807) is 24.3 Å². The van der Waals surface area contributed by atoms with Crippen molar-refractivity contribution >= 4 is 78.0 Å². The van der Waals surface area contributed by atoms with Crippen LogP contribution in [0, 0.1) is 5.82 Å². The topological polar surface area (TPSA) is 46.6 Å². The van der Waals surface area contributed by atoms with Crippen LogP contribution in [-0.4, -0.2) is 21.3 Å². The lowest BCUT2D eigenvalue weighted by Gasteiger charge is -2.15. The average Bonchev–Trinajstić information content (AvgIpc) is 3.04. The molecule has 0 aromatic heterocycles. The maximum absolute atomic E-state index is 13.1.